The molecule has 7 atom stereocenters. The maximum absolute atomic E-state index is 5.41. The van der Waals surface area contributed by atoms with Crippen molar-refractivity contribution in [3.63, 3.8) is 0 Å². The minimum atomic E-state index is 0.565. The molecule has 8 nitrogen and oxygen atoms in total. The van der Waals surface area contributed by atoms with E-state index in [4.69, 9.17) is 37.9 Å². The van der Waals surface area contributed by atoms with E-state index in [2.05, 4.69) is 96.9 Å². The largest absolute Gasteiger partial charge is 0.381 e. The van der Waals surface area contributed by atoms with Crippen LogP contribution in [-0.2, 0) is 37.9 Å². The van der Waals surface area contributed by atoms with Gasteiger partial charge in [0, 0.05) is 78.6 Å². The summed E-state index contributed by atoms with van der Waals surface area (Å²) < 4.78 is 41.8. The van der Waals surface area contributed by atoms with Crippen molar-refractivity contribution >= 4 is 0 Å². The molecule has 3 unspecified atom stereocenters. The van der Waals surface area contributed by atoms with Gasteiger partial charge in [-0.25, -0.2) is 0 Å². The zero-order valence-corrected chi connectivity index (χ0v) is 41.6. The van der Waals surface area contributed by atoms with Crippen LogP contribution in [0, 0.1) is 65.1 Å². The molecule has 0 aromatic heterocycles. The third-order valence-electron chi connectivity index (χ3n) is 12.9. The van der Waals surface area contributed by atoms with Gasteiger partial charge in [-0.3, -0.25) is 0 Å². The van der Waals surface area contributed by atoms with E-state index in [0.717, 1.165) is 151 Å². The van der Waals surface area contributed by atoms with Crippen LogP contribution in [-0.4, -0.2) is 104 Å². The Morgan fingerprint density at radius 1 is 0.288 bits per heavy atom. The van der Waals surface area contributed by atoms with Gasteiger partial charge in [-0.2, -0.15) is 0 Å². The molecule has 8 heterocycles. The van der Waals surface area contributed by atoms with Crippen molar-refractivity contribution in [1.29, 1.82) is 0 Å². The van der Waals surface area contributed by atoms with Crippen molar-refractivity contribution < 1.29 is 37.9 Å². The van der Waals surface area contributed by atoms with Gasteiger partial charge in [-0.1, -0.05) is 96.9 Å². The van der Waals surface area contributed by atoms with E-state index in [0.29, 0.717) is 18.3 Å². The van der Waals surface area contributed by atoms with E-state index in [1.165, 1.54) is 64.2 Å². The Morgan fingerprint density at radius 3 is 0.661 bits per heavy atom. The highest BCUT2D eigenvalue weighted by Crippen LogP contribution is 2.23. The topological polar surface area (TPSA) is 73.8 Å². The average Bonchev–Trinajstić information content (AvgIpc) is 4.04. The lowest BCUT2D eigenvalue weighted by Gasteiger charge is -2.29. The summed E-state index contributed by atoms with van der Waals surface area (Å²) >= 11 is 0. The van der Waals surface area contributed by atoms with Gasteiger partial charge in [-0.05, 0) is 123 Å². The summed E-state index contributed by atoms with van der Waals surface area (Å²) in [6, 6.07) is 0. The van der Waals surface area contributed by atoms with Gasteiger partial charge in [0.2, 0.25) is 0 Å². The van der Waals surface area contributed by atoms with Gasteiger partial charge in [0.25, 0.3) is 0 Å². The molecule has 0 radical (unpaired) electrons. The molecule has 0 aliphatic carbocycles. The third-order valence-corrected chi connectivity index (χ3v) is 12.9. The molecule has 0 amide bonds. The molecule has 0 saturated carbocycles. The van der Waals surface area contributed by atoms with Crippen LogP contribution in [0.25, 0.3) is 0 Å². The average molecular weight is 843 g/mol. The van der Waals surface area contributed by atoms with Gasteiger partial charge < -0.3 is 37.9 Å². The van der Waals surface area contributed by atoms with Crippen LogP contribution in [0.2, 0.25) is 0 Å². The first-order chi connectivity index (χ1) is 28.1. The van der Waals surface area contributed by atoms with E-state index in [1.807, 2.05) is 0 Å². The van der Waals surface area contributed by atoms with Crippen molar-refractivity contribution in [2.75, 3.05) is 85.9 Å². The Morgan fingerprint density at radius 2 is 0.576 bits per heavy atom. The first-order valence-electron chi connectivity index (χ1n) is 24.9. The molecule has 8 saturated heterocycles. The van der Waals surface area contributed by atoms with Crippen molar-refractivity contribution in [3.05, 3.63) is 0 Å². The van der Waals surface area contributed by atoms with Crippen LogP contribution in [0.5, 0.6) is 0 Å². The van der Waals surface area contributed by atoms with Gasteiger partial charge in [0.05, 0.1) is 31.5 Å². The summed E-state index contributed by atoms with van der Waals surface area (Å²) in [4.78, 5) is 0. The molecule has 0 spiro atoms. The lowest BCUT2D eigenvalue weighted by molar-refractivity contribution is -0.0534. The highest BCUT2D eigenvalue weighted by Gasteiger charge is 2.22. The van der Waals surface area contributed by atoms with Crippen molar-refractivity contribution in [1.82, 2.24) is 0 Å². The third kappa shape index (κ3) is 28.9. The zero-order chi connectivity index (χ0) is 44.0. The van der Waals surface area contributed by atoms with Crippen LogP contribution in [0.3, 0.4) is 0 Å². The molecule has 0 aromatic rings. The van der Waals surface area contributed by atoms with Crippen molar-refractivity contribution in [3.8, 4) is 0 Å². The number of hydrogen-bond donors (Lipinski definition) is 0. The number of hydrogen-bond acceptors (Lipinski definition) is 8. The molecular weight excluding hydrogens is 741 g/mol. The number of rotatable bonds is 6. The van der Waals surface area contributed by atoms with Crippen molar-refractivity contribution in [2.45, 2.75) is 179 Å². The minimum absolute atomic E-state index is 0.565. The van der Waals surface area contributed by atoms with Crippen LogP contribution in [0.15, 0.2) is 0 Å². The summed E-state index contributed by atoms with van der Waals surface area (Å²) in [6.07, 6.45) is 14.4. The summed E-state index contributed by atoms with van der Waals surface area (Å²) in [7, 11) is 0. The molecule has 8 heteroatoms. The summed E-state index contributed by atoms with van der Waals surface area (Å²) in [5.41, 5.74) is 0. The lowest BCUT2D eigenvalue weighted by Crippen LogP contribution is -2.31. The van der Waals surface area contributed by atoms with E-state index >= 15 is 0 Å². The fraction of sp³-hybridized carbons (Fsp3) is 1.00. The Labute approximate surface area is 367 Å². The van der Waals surface area contributed by atoms with E-state index in [9.17, 15) is 0 Å². The van der Waals surface area contributed by atoms with Gasteiger partial charge >= 0.3 is 0 Å². The van der Waals surface area contributed by atoms with Crippen LogP contribution >= 0.6 is 0 Å². The second-order valence-electron chi connectivity index (χ2n) is 20.6. The second-order valence-corrected chi connectivity index (χ2v) is 20.6. The molecule has 8 fully saturated rings. The molecule has 8 aliphatic heterocycles. The normalized spacial score (nSPS) is 29.8. The lowest BCUT2D eigenvalue weighted by atomic mass is 9.95. The summed E-state index contributed by atoms with van der Waals surface area (Å²) in [5, 5.41) is 0. The van der Waals surface area contributed by atoms with E-state index in [-0.39, 0.29) is 0 Å². The Kier molecular flexibility index (Phi) is 33.7. The minimum Gasteiger partial charge on any atom is -0.381 e. The van der Waals surface area contributed by atoms with Gasteiger partial charge in [-0.15, -0.1) is 0 Å². The Balaban J connectivity index is 0.000000338. The van der Waals surface area contributed by atoms with E-state index < -0.39 is 0 Å². The quantitative estimate of drug-likeness (QED) is 0.262. The fourth-order valence-corrected chi connectivity index (χ4v) is 7.49. The molecular formula is C51H102O8. The van der Waals surface area contributed by atoms with Gasteiger partial charge in [0.15, 0.2) is 0 Å². The monoisotopic (exact) mass is 843 g/mol. The van der Waals surface area contributed by atoms with Crippen LogP contribution in [0.1, 0.15) is 161 Å². The zero-order valence-electron chi connectivity index (χ0n) is 41.6. The Bertz CT molecular complexity index is 749. The molecule has 0 aromatic carbocycles. The molecule has 0 N–H and O–H groups in total. The number of ether oxygens (including phenoxy) is 8. The predicted molar refractivity (Wildman–Crippen MR) is 247 cm³/mol. The first-order valence-corrected chi connectivity index (χ1v) is 24.9. The Hall–Kier alpha value is -0.320. The molecule has 59 heavy (non-hydrogen) atoms. The molecule has 0 bridgehead atoms. The van der Waals surface area contributed by atoms with Crippen molar-refractivity contribution in [2.24, 2.45) is 65.1 Å². The smallest absolute Gasteiger partial charge is 0.0598 e. The highest BCUT2D eigenvalue weighted by atomic mass is 16.5. The maximum Gasteiger partial charge on any atom is 0.0598 e. The highest BCUT2D eigenvalue weighted by molar-refractivity contribution is 4.70. The van der Waals surface area contributed by atoms with Crippen LogP contribution in [0.4, 0.5) is 0 Å². The van der Waals surface area contributed by atoms with Crippen LogP contribution < -0.4 is 0 Å². The van der Waals surface area contributed by atoms with E-state index in [1.54, 1.807) is 0 Å². The summed E-state index contributed by atoms with van der Waals surface area (Å²) in [5.74, 6) is 8.82. The standard InChI is InChI=1S/5C7H14O.C6H12O.2C5H10O/c2*1-6(2)7-3-4-8-5-7;3*1-6(2)7-4-3-5-8-7;1-5(2)6-3-7-4-6;2*1-5-2-3-6-4-5/h5*6-7H,3-5H2,1-2H3;5-6H,3-4H2,1-2H3;2*5H,2-4H2,1H3/t;;2*7-;;;2*5-/m..10..10/s1. The predicted octanol–water partition coefficient (Wildman–Crippen LogP) is 12.2. The molecule has 8 aliphatic rings. The molecule has 354 valence electrons. The SMILES string of the molecule is CC(C)C1CCCO1.CC(C)C1CCOC1.CC(C)C1CCOC1.CC(C)C1COC1.CC(C)[C@@H]1CCCO1.CC(C)[C@H]1CCCO1.C[C@@H]1CCOC1.C[C@H]1CCOC1. The fourth-order valence-electron chi connectivity index (χ4n) is 7.49. The van der Waals surface area contributed by atoms with Gasteiger partial charge in [0.1, 0.15) is 0 Å². The second kappa shape index (κ2) is 35.1. The summed E-state index contributed by atoms with van der Waals surface area (Å²) in [6.45, 7) is 44.2. The first kappa shape index (κ1) is 56.7. The maximum atomic E-state index is 5.41. The molecule has 8 rings (SSSR count).